The van der Waals surface area contributed by atoms with Crippen LogP contribution in [0, 0.1) is 5.92 Å². The third-order valence-corrected chi connectivity index (χ3v) is 6.48. The highest BCUT2D eigenvalue weighted by molar-refractivity contribution is 7.92. The topological polar surface area (TPSA) is 102 Å². The van der Waals surface area contributed by atoms with E-state index in [0.717, 1.165) is 24.9 Å². The second-order valence-electron chi connectivity index (χ2n) is 7.06. The lowest BCUT2D eigenvalue weighted by Gasteiger charge is -2.24. The Hall–Kier alpha value is -2.55. The fourth-order valence-electron chi connectivity index (χ4n) is 3.38. The number of fused-ring (bicyclic) bond motifs is 1. The molecule has 1 amide bonds. The molecule has 27 heavy (non-hydrogen) atoms. The van der Waals surface area contributed by atoms with Gasteiger partial charge in [-0.1, -0.05) is 6.42 Å². The molecule has 1 aliphatic heterocycles. The number of hydrogen-bond acceptors (Lipinski definition) is 5. The first-order chi connectivity index (χ1) is 12.9. The molecule has 2 heterocycles. The Bertz CT molecular complexity index is 979. The number of hydrogen-bond donors (Lipinski definition) is 2. The average Bonchev–Trinajstić information content (AvgIpc) is 3.07. The van der Waals surface area contributed by atoms with Crippen molar-refractivity contribution in [3.63, 3.8) is 0 Å². The highest BCUT2D eigenvalue weighted by atomic mass is 32.2. The Labute approximate surface area is 158 Å². The molecule has 2 aliphatic rings. The number of carbonyl (C=O) groups excluding carboxylic acids is 1. The molecule has 9 heteroatoms. The molecule has 0 bridgehead atoms. The molecule has 1 aromatic heterocycles. The van der Waals surface area contributed by atoms with Crippen LogP contribution >= 0.6 is 0 Å². The van der Waals surface area contributed by atoms with Crippen molar-refractivity contribution < 1.29 is 17.9 Å². The summed E-state index contributed by atoms with van der Waals surface area (Å²) in [5.41, 5.74) is 1.80. The van der Waals surface area contributed by atoms with E-state index in [-0.39, 0.29) is 16.5 Å². The lowest BCUT2D eigenvalue weighted by atomic mass is 9.85. The quantitative estimate of drug-likeness (QED) is 0.788. The van der Waals surface area contributed by atoms with Crippen LogP contribution in [-0.2, 0) is 27.8 Å². The maximum atomic E-state index is 12.8. The number of aromatic nitrogens is 2. The fraction of sp³-hybridized carbons (Fsp3) is 0.444. The summed E-state index contributed by atoms with van der Waals surface area (Å²) in [5.74, 6) is 0.909. The number of benzene rings is 1. The molecule has 1 fully saturated rings. The number of anilines is 2. The minimum atomic E-state index is -3.82. The van der Waals surface area contributed by atoms with E-state index in [4.69, 9.17) is 4.74 Å². The standard InChI is InChI=1S/C18H22N4O4S/c1-26-17-7-13-5-6-18(23)20-15(13)8-16(17)21-27(24,25)14-9-19-22(11-14)10-12-3-2-4-12/h7-9,11-12,21H,2-6,10H2,1H3,(H,20,23). The molecule has 1 aromatic carbocycles. The highest BCUT2D eigenvalue weighted by Crippen LogP contribution is 2.35. The van der Waals surface area contributed by atoms with Crippen LogP contribution in [0.4, 0.5) is 11.4 Å². The molecule has 0 atom stereocenters. The van der Waals surface area contributed by atoms with E-state index in [1.807, 2.05) is 0 Å². The van der Waals surface area contributed by atoms with Gasteiger partial charge in [-0.3, -0.25) is 14.2 Å². The first kappa shape index (κ1) is 17.8. The molecule has 1 saturated carbocycles. The van der Waals surface area contributed by atoms with Crippen LogP contribution < -0.4 is 14.8 Å². The van der Waals surface area contributed by atoms with Crippen LogP contribution in [0.15, 0.2) is 29.4 Å². The lowest BCUT2D eigenvalue weighted by Crippen LogP contribution is -2.20. The number of ether oxygens (including phenoxy) is 1. The summed E-state index contributed by atoms with van der Waals surface area (Å²) in [4.78, 5) is 11.7. The van der Waals surface area contributed by atoms with Gasteiger partial charge >= 0.3 is 0 Å². The zero-order valence-corrected chi connectivity index (χ0v) is 15.9. The summed E-state index contributed by atoms with van der Waals surface area (Å²) in [6.45, 7) is 0.740. The van der Waals surface area contributed by atoms with Gasteiger partial charge in [0.25, 0.3) is 10.0 Å². The van der Waals surface area contributed by atoms with Gasteiger partial charge in [0.2, 0.25) is 5.91 Å². The van der Waals surface area contributed by atoms with E-state index in [9.17, 15) is 13.2 Å². The van der Waals surface area contributed by atoms with Crippen LogP contribution in [0.1, 0.15) is 31.2 Å². The molecule has 8 nitrogen and oxygen atoms in total. The molecular weight excluding hydrogens is 368 g/mol. The lowest BCUT2D eigenvalue weighted by molar-refractivity contribution is -0.116. The van der Waals surface area contributed by atoms with Crippen LogP contribution in [0.3, 0.4) is 0 Å². The van der Waals surface area contributed by atoms with Gasteiger partial charge in [-0.25, -0.2) is 8.42 Å². The Balaban J connectivity index is 1.58. The largest absolute Gasteiger partial charge is 0.495 e. The fourth-order valence-corrected chi connectivity index (χ4v) is 4.39. The molecule has 144 valence electrons. The minimum absolute atomic E-state index is 0.0845. The van der Waals surface area contributed by atoms with E-state index >= 15 is 0 Å². The van der Waals surface area contributed by atoms with E-state index in [0.29, 0.717) is 30.2 Å². The van der Waals surface area contributed by atoms with Crippen molar-refractivity contribution in [3.8, 4) is 5.75 Å². The molecule has 4 rings (SSSR count). The molecule has 0 spiro atoms. The summed E-state index contributed by atoms with van der Waals surface area (Å²) in [7, 11) is -2.33. The van der Waals surface area contributed by atoms with Gasteiger partial charge in [-0.2, -0.15) is 5.10 Å². The van der Waals surface area contributed by atoms with Crippen molar-refractivity contribution in [1.29, 1.82) is 0 Å². The van der Waals surface area contributed by atoms with Gasteiger partial charge in [0, 0.05) is 24.8 Å². The number of nitrogens with one attached hydrogen (secondary N) is 2. The number of amides is 1. The first-order valence-electron chi connectivity index (χ1n) is 9.00. The van der Waals surface area contributed by atoms with Crippen molar-refractivity contribution in [2.24, 2.45) is 5.92 Å². The van der Waals surface area contributed by atoms with Crippen molar-refractivity contribution in [2.75, 3.05) is 17.1 Å². The molecular formula is C18H22N4O4S. The Kier molecular flexibility index (Phi) is 4.55. The Morgan fingerprint density at radius 3 is 2.85 bits per heavy atom. The van der Waals surface area contributed by atoms with Crippen molar-refractivity contribution in [1.82, 2.24) is 9.78 Å². The number of aryl methyl sites for hydroxylation is 1. The second-order valence-corrected chi connectivity index (χ2v) is 8.74. The maximum Gasteiger partial charge on any atom is 0.265 e. The third kappa shape index (κ3) is 3.64. The van der Waals surface area contributed by atoms with E-state index < -0.39 is 10.0 Å². The van der Waals surface area contributed by atoms with E-state index in [2.05, 4.69) is 15.1 Å². The zero-order valence-electron chi connectivity index (χ0n) is 15.1. The predicted octanol–water partition coefficient (Wildman–Crippen LogP) is 2.38. The van der Waals surface area contributed by atoms with Gasteiger partial charge in [-0.15, -0.1) is 0 Å². The number of nitrogens with zero attached hydrogens (tertiary/aromatic N) is 2. The number of rotatable bonds is 6. The molecule has 2 aromatic rings. The van der Waals surface area contributed by atoms with Gasteiger partial charge in [0.05, 0.1) is 19.0 Å². The predicted molar refractivity (Wildman–Crippen MR) is 100 cm³/mol. The number of methoxy groups -OCH3 is 1. The third-order valence-electron chi connectivity index (χ3n) is 5.15. The monoisotopic (exact) mass is 390 g/mol. The molecule has 0 radical (unpaired) electrons. The second kappa shape index (κ2) is 6.88. The van der Waals surface area contributed by atoms with Gasteiger partial charge in [-0.05, 0) is 42.9 Å². The Morgan fingerprint density at radius 1 is 1.33 bits per heavy atom. The highest BCUT2D eigenvalue weighted by Gasteiger charge is 2.24. The normalized spacial score (nSPS) is 17.0. The zero-order chi connectivity index (χ0) is 19.0. The van der Waals surface area contributed by atoms with E-state index in [1.165, 1.54) is 19.7 Å². The van der Waals surface area contributed by atoms with Gasteiger partial charge < -0.3 is 10.1 Å². The average molecular weight is 390 g/mol. The van der Waals surface area contributed by atoms with Crippen LogP contribution in [-0.4, -0.2) is 31.2 Å². The Morgan fingerprint density at radius 2 is 2.15 bits per heavy atom. The SMILES string of the molecule is COc1cc2c(cc1NS(=O)(=O)c1cnn(CC3CCC3)c1)NC(=O)CC2. The van der Waals surface area contributed by atoms with E-state index in [1.54, 1.807) is 23.0 Å². The van der Waals surface area contributed by atoms with Crippen molar-refractivity contribution in [2.45, 2.75) is 43.5 Å². The summed E-state index contributed by atoms with van der Waals surface area (Å²) in [5, 5.41) is 6.95. The summed E-state index contributed by atoms with van der Waals surface area (Å²) < 4.78 is 35.1. The van der Waals surface area contributed by atoms with Gasteiger partial charge in [0.15, 0.2) is 0 Å². The summed E-state index contributed by atoms with van der Waals surface area (Å²) >= 11 is 0. The summed E-state index contributed by atoms with van der Waals surface area (Å²) in [6.07, 6.45) is 7.46. The van der Waals surface area contributed by atoms with Crippen molar-refractivity contribution in [3.05, 3.63) is 30.1 Å². The molecule has 0 unspecified atom stereocenters. The summed E-state index contributed by atoms with van der Waals surface area (Å²) in [6, 6.07) is 3.36. The number of sulfonamides is 1. The minimum Gasteiger partial charge on any atom is -0.495 e. The maximum absolute atomic E-state index is 12.8. The molecule has 1 aliphatic carbocycles. The van der Waals surface area contributed by atoms with Crippen LogP contribution in [0.2, 0.25) is 0 Å². The molecule has 2 N–H and O–H groups in total. The van der Waals surface area contributed by atoms with Gasteiger partial charge in [0.1, 0.15) is 10.6 Å². The number of carbonyl (C=O) groups is 1. The first-order valence-corrected chi connectivity index (χ1v) is 10.5. The molecule has 0 saturated heterocycles. The van der Waals surface area contributed by atoms with Crippen LogP contribution in [0.25, 0.3) is 0 Å². The van der Waals surface area contributed by atoms with Crippen LogP contribution in [0.5, 0.6) is 5.75 Å². The van der Waals surface area contributed by atoms with Crippen molar-refractivity contribution >= 4 is 27.3 Å². The smallest absolute Gasteiger partial charge is 0.265 e.